The van der Waals surface area contributed by atoms with Crippen LogP contribution in [0.4, 0.5) is 11.5 Å². The average molecular weight is 309 g/mol. The Labute approximate surface area is 124 Å². The van der Waals surface area contributed by atoms with Gasteiger partial charge in [-0.2, -0.15) is 5.10 Å². The summed E-state index contributed by atoms with van der Waals surface area (Å²) in [6.45, 7) is 6.18. The molecule has 114 valence electrons. The van der Waals surface area contributed by atoms with E-state index in [1.54, 1.807) is 19.1 Å². The van der Waals surface area contributed by atoms with Crippen molar-refractivity contribution in [3.63, 3.8) is 0 Å². The predicted octanol–water partition coefficient (Wildman–Crippen LogP) is 1.69. The van der Waals surface area contributed by atoms with E-state index in [2.05, 4.69) is 14.8 Å². The first-order chi connectivity index (χ1) is 9.83. The summed E-state index contributed by atoms with van der Waals surface area (Å²) in [5.41, 5.74) is 7.57. The second kappa shape index (κ2) is 5.72. The summed E-state index contributed by atoms with van der Waals surface area (Å²) < 4.78 is 28.8. The van der Waals surface area contributed by atoms with E-state index in [1.807, 2.05) is 13.8 Å². The van der Waals surface area contributed by atoms with Crippen molar-refractivity contribution >= 4 is 21.5 Å². The van der Waals surface area contributed by atoms with E-state index >= 15 is 0 Å². The van der Waals surface area contributed by atoms with Crippen LogP contribution in [0.5, 0.6) is 0 Å². The maximum Gasteiger partial charge on any atom is 0.267 e. The lowest BCUT2D eigenvalue weighted by molar-refractivity contribution is 0.595. The predicted molar refractivity (Wildman–Crippen MR) is 81.4 cm³/mol. The first-order valence-corrected chi connectivity index (χ1v) is 8.12. The minimum absolute atomic E-state index is 0.00586. The molecule has 0 atom stereocenters. The molecular weight excluding hydrogens is 290 g/mol. The summed E-state index contributed by atoms with van der Waals surface area (Å²) in [7, 11) is -3.78. The van der Waals surface area contributed by atoms with Gasteiger partial charge in [-0.05, 0) is 32.4 Å². The molecule has 0 saturated heterocycles. The highest BCUT2D eigenvalue weighted by Gasteiger charge is 2.22. The molecule has 3 N–H and O–H groups in total. The lowest BCUT2D eigenvalue weighted by Gasteiger charge is -2.09. The van der Waals surface area contributed by atoms with Crippen molar-refractivity contribution in [3.8, 4) is 0 Å². The fraction of sp³-hybridized carbons (Fsp3) is 0.385. The number of rotatable bonds is 5. The molecule has 0 fully saturated rings. The van der Waals surface area contributed by atoms with E-state index in [9.17, 15) is 8.42 Å². The van der Waals surface area contributed by atoms with Gasteiger partial charge >= 0.3 is 0 Å². The zero-order valence-corrected chi connectivity index (χ0v) is 13.1. The molecule has 2 aromatic heterocycles. The van der Waals surface area contributed by atoms with Gasteiger partial charge in [0.1, 0.15) is 4.90 Å². The molecule has 0 aliphatic carbocycles. The first-order valence-electron chi connectivity index (χ1n) is 6.63. The lowest BCUT2D eigenvalue weighted by atomic mass is 10.3. The number of nitrogens with zero attached hydrogens (tertiary/aromatic N) is 3. The van der Waals surface area contributed by atoms with Crippen molar-refractivity contribution in [2.45, 2.75) is 38.6 Å². The van der Waals surface area contributed by atoms with Crippen molar-refractivity contribution in [2.24, 2.45) is 0 Å². The van der Waals surface area contributed by atoms with Crippen LogP contribution in [0.2, 0.25) is 0 Å². The molecule has 0 unspecified atom stereocenters. The topological polar surface area (TPSA) is 103 Å². The van der Waals surface area contributed by atoms with Gasteiger partial charge in [0.2, 0.25) is 0 Å². The molecule has 0 bridgehead atoms. The molecule has 2 rings (SSSR count). The van der Waals surface area contributed by atoms with Crippen LogP contribution in [0.25, 0.3) is 0 Å². The molecule has 2 aromatic rings. The molecule has 21 heavy (non-hydrogen) atoms. The Balaban J connectivity index is 2.34. The van der Waals surface area contributed by atoms with E-state index in [4.69, 9.17) is 5.73 Å². The zero-order valence-electron chi connectivity index (χ0n) is 12.3. The Morgan fingerprint density at radius 1 is 1.33 bits per heavy atom. The summed E-state index contributed by atoms with van der Waals surface area (Å²) >= 11 is 0. The molecule has 2 heterocycles. The van der Waals surface area contributed by atoms with Gasteiger partial charge in [0.15, 0.2) is 5.82 Å². The standard InChI is InChI=1S/C13H19N5O2S/c1-4-7-18-8-12(13(14)16-18)21(19,20)17-11-6-5-9(2)15-10(11)3/h5-6,8,17H,4,7H2,1-3H3,(H2,14,16). The van der Waals surface area contributed by atoms with E-state index in [0.29, 0.717) is 17.9 Å². The summed E-state index contributed by atoms with van der Waals surface area (Å²) in [5, 5.41) is 4.00. The summed E-state index contributed by atoms with van der Waals surface area (Å²) in [6, 6.07) is 3.43. The summed E-state index contributed by atoms with van der Waals surface area (Å²) in [6.07, 6.45) is 2.28. The number of nitrogen functional groups attached to an aromatic ring is 1. The smallest absolute Gasteiger partial charge is 0.267 e. The third-order valence-corrected chi connectivity index (χ3v) is 4.35. The number of hydrogen-bond acceptors (Lipinski definition) is 5. The molecule has 0 radical (unpaired) electrons. The third kappa shape index (κ3) is 3.33. The van der Waals surface area contributed by atoms with Crippen LogP contribution in [0.3, 0.4) is 0 Å². The largest absolute Gasteiger partial charge is 0.381 e. The highest BCUT2D eigenvalue weighted by atomic mass is 32.2. The van der Waals surface area contributed by atoms with Crippen LogP contribution in [-0.4, -0.2) is 23.2 Å². The van der Waals surface area contributed by atoms with Gasteiger partial charge in [0.05, 0.1) is 11.4 Å². The van der Waals surface area contributed by atoms with Crippen molar-refractivity contribution < 1.29 is 8.42 Å². The minimum Gasteiger partial charge on any atom is -0.381 e. The van der Waals surface area contributed by atoms with Gasteiger partial charge in [-0.3, -0.25) is 14.4 Å². The maximum absolute atomic E-state index is 12.4. The molecule has 0 aliphatic heterocycles. The number of nitrogens with one attached hydrogen (secondary N) is 1. The van der Waals surface area contributed by atoms with Gasteiger partial charge in [0, 0.05) is 18.4 Å². The van der Waals surface area contributed by atoms with E-state index in [1.165, 1.54) is 10.9 Å². The van der Waals surface area contributed by atoms with Crippen molar-refractivity contribution in [1.82, 2.24) is 14.8 Å². The molecular formula is C13H19N5O2S. The van der Waals surface area contributed by atoms with E-state index in [-0.39, 0.29) is 10.7 Å². The van der Waals surface area contributed by atoms with Crippen LogP contribution in [-0.2, 0) is 16.6 Å². The SMILES string of the molecule is CCCn1cc(S(=O)(=O)Nc2ccc(C)nc2C)c(N)n1. The number of aromatic nitrogens is 3. The van der Waals surface area contributed by atoms with E-state index in [0.717, 1.165) is 12.1 Å². The molecule has 0 aliphatic rings. The van der Waals surface area contributed by atoms with Crippen LogP contribution in [0.1, 0.15) is 24.7 Å². The Hall–Kier alpha value is -2.09. The number of sulfonamides is 1. The zero-order chi connectivity index (χ0) is 15.6. The van der Waals surface area contributed by atoms with E-state index < -0.39 is 10.0 Å². The Bertz CT molecular complexity index is 752. The van der Waals surface area contributed by atoms with Gasteiger partial charge in [-0.25, -0.2) is 8.42 Å². The van der Waals surface area contributed by atoms with Crippen molar-refractivity contribution in [1.29, 1.82) is 0 Å². The van der Waals surface area contributed by atoms with Crippen molar-refractivity contribution in [2.75, 3.05) is 10.5 Å². The number of aryl methyl sites for hydroxylation is 3. The second-order valence-corrected chi connectivity index (χ2v) is 6.48. The van der Waals surface area contributed by atoms with Gasteiger partial charge in [-0.1, -0.05) is 6.92 Å². The molecule has 0 amide bonds. The lowest BCUT2D eigenvalue weighted by Crippen LogP contribution is -2.15. The normalized spacial score (nSPS) is 11.6. The number of anilines is 2. The first kappa shape index (κ1) is 15.3. The number of pyridine rings is 1. The van der Waals surface area contributed by atoms with Gasteiger partial charge in [-0.15, -0.1) is 0 Å². The second-order valence-electron chi connectivity index (χ2n) is 4.83. The molecule has 0 aromatic carbocycles. The Morgan fingerprint density at radius 2 is 2.05 bits per heavy atom. The Morgan fingerprint density at radius 3 is 2.67 bits per heavy atom. The number of hydrogen-bond donors (Lipinski definition) is 2. The molecule has 7 nitrogen and oxygen atoms in total. The van der Waals surface area contributed by atoms with Crippen LogP contribution in [0, 0.1) is 13.8 Å². The quantitative estimate of drug-likeness (QED) is 0.874. The fourth-order valence-electron chi connectivity index (χ4n) is 1.96. The maximum atomic E-state index is 12.4. The molecule has 8 heteroatoms. The van der Waals surface area contributed by atoms with Crippen LogP contribution < -0.4 is 10.5 Å². The van der Waals surface area contributed by atoms with Crippen LogP contribution in [0.15, 0.2) is 23.2 Å². The summed E-state index contributed by atoms with van der Waals surface area (Å²) in [4.78, 5) is 4.21. The third-order valence-electron chi connectivity index (χ3n) is 2.97. The molecule has 0 spiro atoms. The highest BCUT2D eigenvalue weighted by Crippen LogP contribution is 2.22. The Kier molecular flexibility index (Phi) is 4.17. The monoisotopic (exact) mass is 309 g/mol. The number of nitrogens with two attached hydrogens (primary N) is 1. The van der Waals surface area contributed by atoms with Crippen molar-refractivity contribution in [3.05, 3.63) is 29.7 Å². The molecule has 0 saturated carbocycles. The average Bonchev–Trinajstić information content (AvgIpc) is 2.75. The van der Waals surface area contributed by atoms with Gasteiger partial charge in [0.25, 0.3) is 10.0 Å². The van der Waals surface area contributed by atoms with Gasteiger partial charge < -0.3 is 5.73 Å². The van der Waals surface area contributed by atoms with Crippen LogP contribution >= 0.6 is 0 Å². The minimum atomic E-state index is -3.78. The highest BCUT2D eigenvalue weighted by molar-refractivity contribution is 7.92. The summed E-state index contributed by atoms with van der Waals surface area (Å²) in [5.74, 6) is -0.00586. The fourth-order valence-corrected chi connectivity index (χ4v) is 3.15.